The Morgan fingerprint density at radius 3 is 2.45 bits per heavy atom. The molecule has 0 bridgehead atoms. The quantitative estimate of drug-likeness (QED) is 0.440. The normalized spacial score (nSPS) is 19.2. The lowest BCUT2D eigenvalue weighted by Crippen LogP contribution is -2.02. The van der Waals surface area contributed by atoms with Gasteiger partial charge in [0.05, 0.1) is 0 Å². The summed E-state index contributed by atoms with van der Waals surface area (Å²) in [6, 6.07) is 13.4. The summed E-state index contributed by atoms with van der Waals surface area (Å²) in [5, 5.41) is 3.19. The van der Waals surface area contributed by atoms with E-state index in [1.165, 1.54) is 42.4 Å². The average Bonchev–Trinajstić information content (AvgIpc) is 2.94. The third-order valence-electron chi connectivity index (χ3n) is 4.78. The summed E-state index contributed by atoms with van der Waals surface area (Å²) in [6.45, 7) is 4.53. The summed E-state index contributed by atoms with van der Waals surface area (Å²) >= 11 is 1.89. The van der Waals surface area contributed by atoms with Crippen molar-refractivity contribution >= 4 is 57.0 Å². The van der Waals surface area contributed by atoms with E-state index >= 15 is 0 Å². The van der Waals surface area contributed by atoms with Gasteiger partial charge in [0.1, 0.15) is 0 Å². The number of halogens is 1. The number of benzene rings is 2. The van der Waals surface area contributed by atoms with E-state index in [1.54, 1.807) is 0 Å². The van der Waals surface area contributed by atoms with Gasteiger partial charge in [-0.25, -0.2) is 0 Å². The second-order valence-electron chi connectivity index (χ2n) is 6.47. The Bertz CT molecular complexity index is 941. The van der Waals surface area contributed by atoms with Crippen LogP contribution >= 0.6 is 31.3 Å². The highest BCUT2D eigenvalue weighted by atomic mass is 35.7. The van der Waals surface area contributed by atoms with Crippen molar-refractivity contribution in [3.63, 3.8) is 0 Å². The molecule has 3 heteroatoms. The van der Waals surface area contributed by atoms with Gasteiger partial charge >= 0.3 is 0 Å². The Morgan fingerprint density at radius 2 is 1.73 bits per heavy atom. The molecule has 3 aromatic rings. The van der Waals surface area contributed by atoms with Crippen LogP contribution in [0.3, 0.4) is 0 Å². The number of allylic oxidation sites excluding steroid dienone is 1. The van der Waals surface area contributed by atoms with Gasteiger partial charge in [-0.2, -0.15) is 9.24 Å². The molecule has 1 atom stereocenters. The third kappa shape index (κ3) is 1.90. The molecule has 1 unspecified atom stereocenters. The smallest absolute Gasteiger partial charge is 0.0477 e. The van der Waals surface area contributed by atoms with Crippen molar-refractivity contribution < 1.29 is 0 Å². The lowest BCUT2D eigenvalue weighted by Gasteiger charge is -2.32. The molecule has 22 heavy (non-hydrogen) atoms. The fraction of sp³-hybridized carbons (Fsp3) is 0.263. The molecule has 1 heterocycles. The van der Waals surface area contributed by atoms with Crippen molar-refractivity contribution in [3.05, 3.63) is 53.1 Å². The van der Waals surface area contributed by atoms with Gasteiger partial charge < -0.3 is 0 Å². The van der Waals surface area contributed by atoms with Crippen molar-refractivity contribution in [3.8, 4) is 0 Å². The van der Waals surface area contributed by atoms with Crippen molar-refractivity contribution in [2.45, 2.75) is 19.1 Å². The lowest BCUT2D eigenvalue weighted by molar-refractivity contribution is 1.15. The van der Waals surface area contributed by atoms with Gasteiger partial charge in [0.2, 0.25) is 0 Å². The number of thiophene rings is 1. The molecule has 0 amide bonds. The zero-order valence-electron chi connectivity index (χ0n) is 13.2. The van der Waals surface area contributed by atoms with Gasteiger partial charge in [-0.15, -0.1) is 11.3 Å². The first kappa shape index (κ1) is 14.6. The maximum atomic E-state index is 6.82. The number of rotatable bonds is 1. The Balaban J connectivity index is 2.16. The lowest BCUT2D eigenvalue weighted by atomic mass is 9.99. The van der Waals surface area contributed by atoms with Crippen LogP contribution in [0.5, 0.6) is 0 Å². The van der Waals surface area contributed by atoms with Crippen LogP contribution in [0.1, 0.15) is 30.2 Å². The maximum Gasteiger partial charge on any atom is 0.0477 e. The molecule has 114 valence electrons. The van der Waals surface area contributed by atoms with Crippen LogP contribution in [-0.4, -0.2) is 12.5 Å². The fourth-order valence-corrected chi connectivity index (χ4v) is 7.42. The first-order valence-corrected chi connectivity index (χ1v) is 11.6. The first-order valence-electron chi connectivity index (χ1n) is 7.43. The van der Waals surface area contributed by atoms with Gasteiger partial charge in [0.25, 0.3) is 0 Å². The number of fused-ring (bicyclic) bond motifs is 5. The van der Waals surface area contributed by atoms with E-state index in [2.05, 4.69) is 62.8 Å². The molecule has 0 saturated carbocycles. The van der Waals surface area contributed by atoms with E-state index in [4.69, 9.17) is 10.7 Å². The first-order chi connectivity index (χ1) is 10.4. The van der Waals surface area contributed by atoms with E-state index in [1.807, 2.05) is 11.3 Å². The molecular weight excluding hydrogens is 328 g/mol. The molecular formula is C19H19ClS2. The Kier molecular flexibility index (Phi) is 3.17. The summed E-state index contributed by atoms with van der Waals surface area (Å²) in [7, 11) is 5.64. The zero-order valence-corrected chi connectivity index (χ0v) is 15.6. The fourth-order valence-electron chi connectivity index (χ4n) is 3.80. The van der Waals surface area contributed by atoms with Crippen LogP contribution in [0.25, 0.3) is 25.7 Å². The van der Waals surface area contributed by atoms with E-state index in [9.17, 15) is 0 Å². The molecule has 0 radical (unpaired) electrons. The predicted octanol–water partition coefficient (Wildman–Crippen LogP) is 7.12. The number of hydrogen-bond acceptors (Lipinski definition) is 1. The monoisotopic (exact) mass is 346 g/mol. The third-order valence-corrected chi connectivity index (χ3v) is 8.18. The summed E-state index contributed by atoms with van der Waals surface area (Å²) in [6.07, 6.45) is 4.42. The summed E-state index contributed by atoms with van der Waals surface area (Å²) in [5.74, 6) is 0. The van der Waals surface area contributed by atoms with Crippen LogP contribution < -0.4 is 0 Å². The van der Waals surface area contributed by atoms with Crippen LogP contribution in [0.4, 0.5) is 0 Å². The largest absolute Gasteiger partial charge is 0.158 e. The zero-order chi connectivity index (χ0) is 15.6. The molecule has 0 saturated heterocycles. The van der Waals surface area contributed by atoms with Crippen molar-refractivity contribution in [2.75, 3.05) is 12.5 Å². The molecule has 1 aliphatic carbocycles. The van der Waals surface area contributed by atoms with Crippen LogP contribution in [0.15, 0.2) is 42.0 Å². The standard InChI is InChI=1S/C19H19ClS2/c1-11-12(2)19(22(3,4)20)14-9-10-16-18(17(11)14)13-7-5-6-8-15(13)21-16/h5-10,19H,1-4H3. The summed E-state index contributed by atoms with van der Waals surface area (Å²) < 4.78 is 2.76. The molecule has 4 rings (SSSR count). The Labute approximate surface area is 141 Å². The van der Waals surface area contributed by atoms with E-state index in [-0.39, 0.29) is 0 Å². The second-order valence-corrected chi connectivity index (χ2v) is 13.0. The van der Waals surface area contributed by atoms with Gasteiger partial charge in [-0.1, -0.05) is 40.5 Å². The second kappa shape index (κ2) is 4.77. The molecule has 0 nitrogen and oxygen atoms in total. The molecule has 2 aromatic carbocycles. The van der Waals surface area contributed by atoms with E-state index < -0.39 is 9.24 Å². The molecule has 1 aromatic heterocycles. The predicted molar refractivity (Wildman–Crippen MR) is 106 cm³/mol. The SMILES string of the molecule is CC1=C(C)C(S(C)(C)Cl)c2ccc3sc4ccccc4c3c21. The van der Waals surface area contributed by atoms with Crippen LogP contribution in [0, 0.1) is 0 Å². The molecule has 0 spiro atoms. The minimum Gasteiger partial charge on any atom is -0.158 e. The summed E-state index contributed by atoms with van der Waals surface area (Å²) in [5.41, 5.74) is 5.75. The average molecular weight is 347 g/mol. The van der Waals surface area contributed by atoms with Crippen LogP contribution in [-0.2, 0) is 0 Å². The van der Waals surface area contributed by atoms with Gasteiger partial charge in [-0.05, 0) is 55.2 Å². The number of hydrogen-bond donors (Lipinski definition) is 0. The van der Waals surface area contributed by atoms with Crippen LogP contribution in [0.2, 0.25) is 0 Å². The molecule has 0 fully saturated rings. The molecule has 0 N–H and O–H groups in total. The Hall–Kier alpha value is -0.960. The van der Waals surface area contributed by atoms with Crippen molar-refractivity contribution in [1.29, 1.82) is 0 Å². The summed E-state index contributed by atoms with van der Waals surface area (Å²) in [4.78, 5) is 0. The van der Waals surface area contributed by atoms with Gasteiger partial charge in [0.15, 0.2) is 0 Å². The minimum absolute atomic E-state index is 0.382. The molecule has 1 aliphatic rings. The van der Waals surface area contributed by atoms with E-state index in [0.29, 0.717) is 5.25 Å². The topological polar surface area (TPSA) is 0 Å². The minimum atomic E-state index is -1.19. The highest BCUT2D eigenvalue weighted by Crippen LogP contribution is 2.66. The molecule has 0 aliphatic heterocycles. The highest BCUT2D eigenvalue weighted by molar-refractivity contribution is 8.50. The highest BCUT2D eigenvalue weighted by Gasteiger charge is 2.35. The van der Waals surface area contributed by atoms with Crippen molar-refractivity contribution in [1.82, 2.24) is 0 Å². The maximum absolute atomic E-state index is 6.82. The van der Waals surface area contributed by atoms with Gasteiger partial charge in [-0.3, -0.25) is 0 Å². The van der Waals surface area contributed by atoms with Crippen molar-refractivity contribution in [2.24, 2.45) is 0 Å². The van der Waals surface area contributed by atoms with Gasteiger partial charge in [0, 0.05) is 25.4 Å². The Morgan fingerprint density at radius 1 is 1.00 bits per heavy atom. The van der Waals surface area contributed by atoms with E-state index in [0.717, 1.165) is 0 Å².